The summed E-state index contributed by atoms with van der Waals surface area (Å²) in [5.74, 6) is -0.543. The highest BCUT2D eigenvalue weighted by Gasteiger charge is 2.27. The molecule has 0 radical (unpaired) electrons. The van der Waals surface area contributed by atoms with Gasteiger partial charge in [-0.2, -0.15) is 0 Å². The number of nitrogens with one attached hydrogen (secondary N) is 1. The van der Waals surface area contributed by atoms with Crippen LogP contribution in [0.5, 0.6) is 0 Å². The van der Waals surface area contributed by atoms with Crippen LogP contribution in [0.15, 0.2) is 24.3 Å². The Hall–Kier alpha value is -1.51. The van der Waals surface area contributed by atoms with Gasteiger partial charge in [0.2, 0.25) is 5.91 Å². The first-order valence-corrected chi connectivity index (χ1v) is 29.1. The summed E-state index contributed by atoms with van der Waals surface area (Å²) in [6, 6.07) is -0.884. The molecule has 1 N–H and O–H groups in total. The number of unbranched alkanes of at least 4 members (excludes halogenated alkanes) is 32. The van der Waals surface area contributed by atoms with Gasteiger partial charge in [0.1, 0.15) is 19.3 Å². The molecule has 0 rings (SSSR count). The minimum absolute atomic E-state index is 0.0210. The molecule has 0 saturated carbocycles. The second-order valence-corrected chi connectivity index (χ2v) is 21.5. The quantitative estimate of drug-likeness (QED) is 0.0212. The Kier molecular flexibility index (Phi) is 45.2. The zero-order valence-corrected chi connectivity index (χ0v) is 44.6. The molecule has 0 saturated heterocycles. The van der Waals surface area contributed by atoms with Crippen LogP contribution in [0.1, 0.15) is 265 Å². The van der Waals surface area contributed by atoms with E-state index in [-0.39, 0.29) is 31.5 Å². The highest BCUT2D eigenvalue weighted by molar-refractivity contribution is 7.45. The van der Waals surface area contributed by atoms with Gasteiger partial charge in [0.15, 0.2) is 0 Å². The van der Waals surface area contributed by atoms with Gasteiger partial charge >= 0.3 is 5.97 Å². The summed E-state index contributed by atoms with van der Waals surface area (Å²) in [4.78, 5) is 39.7. The second kappa shape index (κ2) is 46.2. The van der Waals surface area contributed by atoms with Crippen LogP contribution in [-0.4, -0.2) is 69.4 Å². The van der Waals surface area contributed by atoms with E-state index in [0.29, 0.717) is 17.4 Å². The van der Waals surface area contributed by atoms with E-state index in [2.05, 4.69) is 38.2 Å². The van der Waals surface area contributed by atoms with Gasteiger partial charge in [-0.25, -0.2) is 0 Å². The van der Waals surface area contributed by atoms with E-state index >= 15 is 0 Å². The Morgan fingerprint density at radius 3 is 1.35 bits per heavy atom. The topological polar surface area (TPSA) is 114 Å². The molecule has 0 aliphatic heterocycles. The smallest absolute Gasteiger partial charge is 0.306 e. The van der Waals surface area contributed by atoms with Crippen LogP contribution in [0.3, 0.4) is 0 Å². The van der Waals surface area contributed by atoms with Crippen LogP contribution in [0.2, 0.25) is 0 Å². The standard InChI is InChI=1S/C55H107N2O7P/c1-7-10-13-16-19-22-25-26-27-28-29-30-33-36-39-42-45-48-55(59)64-53(46-43-40-37-34-31-23-20-17-14-11-8-2)52(51-63-65(60,61)62-50-49-57(4,5)6)56-54(58)47-44-41-38-35-32-24-21-18-15-12-9-3/h18,21,43,46,52-53H,7-17,19-20,22-42,44-45,47-51H2,1-6H3,(H-,56,58,60,61)/b21-18-,46-43-. The first-order chi connectivity index (χ1) is 31.4. The number of amides is 1. The number of carbonyl (C=O) groups is 2. The summed E-state index contributed by atoms with van der Waals surface area (Å²) in [6.45, 7) is 6.80. The van der Waals surface area contributed by atoms with E-state index in [4.69, 9.17) is 13.8 Å². The van der Waals surface area contributed by atoms with Crippen molar-refractivity contribution in [1.29, 1.82) is 0 Å². The number of quaternary nitrogens is 1. The molecule has 0 aromatic carbocycles. The number of likely N-dealkylation sites (N-methyl/N-ethyl adjacent to an activating group) is 1. The second-order valence-electron chi connectivity index (χ2n) is 20.1. The Morgan fingerprint density at radius 1 is 0.523 bits per heavy atom. The average Bonchev–Trinajstić information content (AvgIpc) is 3.26. The number of hydrogen-bond acceptors (Lipinski definition) is 7. The number of carbonyl (C=O) groups excluding carboxylic acids is 2. The van der Waals surface area contributed by atoms with Crippen LogP contribution < -0.4 is 10.2 Å². The molecule has 0 aromatic rings. The van der Waals surface area contributed by atoms with Crippen molar-refractivity contribution >= 4 is 19.7 Å². The van der Waals surface area contributed by atoms with Crippen molar-refractivity contribution in [2.45, 2.75) is 277 Å². The van der Waals surface area contributed by atoms with E-state index in [9.17, 15) is 19.0 Å². The lowest BCUT2D eigenvalue weighted by molar-refractivity contribution is -0.870. The summed E-state index contributed by atoms with van der Waals surface area (Å²) in [6.07, 6.45) is 51.4. The van der Waals surface area contributed by atoms with Crippen molar-refractivity contribution in [1.82, 2.24) is 5.32 Å². The zero-order valence-electron chi connectivity index (χ0n) is 43.7. The predicted octanol–water partition coefficient (Wildman–Crippen LogP) is 15.6. The summed E-state index contributed by atoms with van der Waals surface area (Å²) in [7, 11) is 1.19. The minimum Gasteiger partial charge on any atom is -0.756 e. The molecule has 10 heteroatoms. The number of hydrogen-bond donors (Lipinski definition) is 1. The first kappa shape index (κ1) is 63.5. The van der Waals surface area contributed by atoms with Gasteiger partial charge in [-0.1, -0.05) is 225 Å². The lowest BCUT2D eigenvalue weighted by Gasteiger charge is -2.30. The molecule has 3 atom stereocenters. The molecule has 65 heavy (non-hydrogen) atoms. The minimum atomic E-state index is -4.68. The molecule has 0 aromatic heterocycles. The zero-order chi connectivity index (χ0) is 48.0. The maximum Gasteiger partial charge on any atom is 0.306 e. The SMILES string of the molecule is CCCC/C=C\CCCCCCCC(=O)NC(COP(=O)([O-])OCC[N+](C)(C)C)C(/C=C\CCCCCCCCCCC)OC(=O)CCCCCCCCCCCCCCCCCCC. The predicted molar refractivity (Wildman–Crippen MR) is 275 cm³/mol. The molecule has 384 valence electrons. The van der Waals surface area contributed by atoms with Crippen molar-refractivity contribution in [3.8, 4) is 0 Å². The van der Waals surface area contributed by atoms with Crippen molar-refractivity contribution < 1.29 is 37.3 Å². The average molecular weight is 939 g/mol. The lowest BCUT2D eigenvalue weighted by Crippen LogP contribution is -2.47. The molecular formula is C55H107N2O7P. The number of phosphoric ester groups is 1. The number of rotatable bonds is 50. The Labute approximate surface area is 403 Å². The molecule has 0 spiro atoms. The molecule has 1 amide bonds. The van der Waals surface area contributed by atoms with Gasteiger partial charge in [-0.3, -0.25) is 14.2 Å². The van der Waals surface area contributed by atoms with Crippen molar-refractivity contribution in [2.24, 2.45) is 0 Å². The molecule has 9 nitrogen and oxygen atoms in total. The normalized spacial score (nSPS) is 14.0. The Bertz CT molecular complexity index is 1170. The fourth-order valence-electron chi connectivity index (χ4n) is 8.03. The third-order valence-electron chi connectivity index (χ3n) is 12.4. The Balaban J connectivity index is 5.29. The van der Waals surface area contributed by atoms with Crippen LogP contribution in [0.25, 0.3) is 0 Å². The van der Waals surface area contributed by atoms with Gasteiger partial charge in [-0.05, 0) is 51.0 Å². The monoisotopic (exact) mass is 939 g/mol. The summed E-state index contributed by atoms with van der Waals surface area (Å²) >= 11 is 0. The van der Waals surface area contributed by atoms with Crippen LogP contribution in [0, 0.1) is 0 Å². The third-order valence-corrected chi connectivity index (χ3v) is 13.3. The lowest BCUT2D eigenvalue weighted by atomic mass is 10.0. The number of nitrogens with zero attached hydrogens (tertiary/aromatic N) is 1. The number of phosphoric acid groups is 1. The Morgan fingerprint density at radius 2 is 0.908 bits per heavy atom. The molecule has 0 fully saturated rings. The van der Waals surface area contributed by atoms with Crippen molar-refractivity contribution in [3.05, 3.63) is 24.3 Å². The van der Waals surface area contributed by atoms with Gasteiger partial charge in [0, 0.05) is 12.8 Å². The maximum atomic E-state index is 13.4. The first-order valence-electron chi connectivity index (χ1n) is 27.6. The van der Waals surface area contributed by atoms with Crippen LogP contribution >= 0.6 is 7.82 Å². The largest absolute Gasteiger partial charge is 0.756 e. The number of ether oxygens (including phenoxy) is 1. The van der Waals surface area contributed by atoms with E-state index in [0.717, 1.165) is 83.5 Å². The molecule has 3 unspecified atom stereocenters. The fourth-order valence-corrected chi connectivity index (χ4v) is 8.76. The molecule has 0 heterocycles. The molecule has 0 aliphatic carbocycles. The van der Waals surface area contributed by atoms with E-state index in [1.165, 1.54) is 148 Å². The number of allylic oxidation sites excluding steroid dienone is 3. The van der Waals surface area contributed by atoms with E-state index in [1.807, 2.05) is 33.3 Å². The van der Waals surface area contributed by atoms with Gasteiger partial charge in [0.05, 0.1) is 33.8 Å². The van der Waals surface area contributed by atoms with E-state index in [1.54, 1.807) is 0 Å². The third kappa shape index (κ3) is 47.4. The van der Waals surface area contributed by atoms with Crippen LogP contribution in [0.4, 0.5) is 0 Å². The highest BCUT2D eigenvalue weighted by atomic mass is 31.2. The van der Waals surface area contributed by atoms with Crippen molar-refractivity contribution in [2.75, 3.05) is 40.9 Å². The van der Waals surface area contributed by atoms with Gasteiger partial charge in [0.25, 0.3) is 7.82 Å². The fraction of sp³-hybridized carbons (Fsp3) is 0.891. The van der Waals surface area contributed by atoms with Crippen LogP contribution in [-0.2, 0) is 27.9 Å². The summed E-state index contributed by atoms with van der Waals surface area (Å²) < 4.78 is 30.1. The summed E-state index contributed by atoms with van der Waals surface area (Å²) in [5.41, 5.74) is 0. The summed E-state index contributed by atoms with van der Waals surface area (Å²) in [5, 5.41) is 3.01. The highest BCUT2D eigenvalue weighted by Crippen LogP contribution is 2.38. The maximum absolute atomic E-state index is 13.4. The van der Waals surface area contributed by atoms with Gasteiger partial charge in [-0.15, -0.1) is 0 Å². The molecular weight excluding hydrogens is 832 g/mol. The van der Waals surface area contributed by atoms with E-state index < -0.39 is 20.0 Å². The number of esters is 1. The molecule has 0 aliphatic rings. The van der Waals surface area contributed by atoms with Crippen molar-refractivity contribution in [3.63, 3.8) is 0 Å². The van der Waals surface area contributed by atoms with Gasteiger partial charge < -0.3 is 28.5 Å². The molecule has 0 bridgehead atoms.